The van der Waals surface area contributed by atoms with Crippen molar-refractivity contribution in [3.05, 3.63) is 0 Å². The molecule has 0 aromatic rings. The van der Waals surface area contributed by atoms with Crippen LogP contribution in [0.1, 0.15) is 25.7 Å². The number of carbonyl (C=O) groups excluding carboxylic acids is 4. The number of guanidine groups is 1. The normalized spacial score (nSPS) is 13.0. The van der Waals surface area contributed by atoms with Gasteiger partial charge in [-0.05, 0) is 12.8 Å². The number of carboxylic acids is 2. The molecule has 0 bridgehead atoms. The van der Waals surface area contributed by atoms with E-state index >= 15 is 0 Å². The van der Waals surface area contributed by atoms with Crippen molar-refractivity contribution in [2.75, 3.05) is 13.1 Å². The van der Waals surface area contributed by atoms with Gasteiger partial charge in [0.2, 0.25) is 23.6 Å². The van der Waals surface area contributed by atoms with Gasteiger partial charge in [-0.15, -0.1) is 0 Å². The molecule has 0 radical (unpaired) electrons. The highest BCUT2D eigenvalue weighted by Gasteiger charge is 2.27. The van der Waals surface area contributed by atoms with Crippen LogP contribution in [0.5, 0.6) is 0 Å². The number of amides is 4. The van der Waals surface area contributed by atoms with Gasteiger partial charge in [-0.3, -0.25) is 29.0 Å². The molecular formula is C16H28N8O8. The second-order valence-corrected chi connectivity index (χ2v) is 6.56. The summed E-state index contributed by atoms with van der Waals surface area (Å²) in [5, 5.41) is 24.2. The van der Waals surface area contributed by atoms with Crippen LogP contribution < -0.4 is 38.9 Å². The molecule has 0 aliphatic rings. The standard InChI is InChI=1S/C16H28N8O8/c17-7(4-12(27)28)13(29)24-9(5-10(18)25)14(30)22-6-11(26)23-8(15(31)32)2-1-3-21-16(19)20/h7-9H,1-6,17H2,(H2,18,25)(H,22,30)(H,23,26)(H,24,29)(H,27,28)(H,31,32)(H4,19,20,21). The summed E-state index contributed by atoms with van der Waals surface area (Å²) in [6.07, 6.45) is -1.11. The third-order valence-corrected chi connectivity index (χ3v) is 3.77. The number of nitrogens with two attached hydrogens (primary N) is 4. The number of hydrogen-bond donors (Lipinski definition) is 9. The Kier molecular flexibility index (Phi) is 12.4. The minimum absolute atomic E-state index is 0.00756. The number of carbonyl (C=O) groups is 6. The zero-order valence-electron chi connectivity index (χ0n) is 17.1. The zero-order valence-corrected chi connectivity index (χ0v) is 17.1. The van der Waals surface area contributed by atoms with Gasteiger partial charge in [0.25, 0.3) is 0 Å². The molecule has 180 valence electrons. The fourth-order valence-electron chi connectivity index (χ4n) is 2.27. The molecule has 0 aliphatic heterocycles. The van der Waals surface area contributed by atoms with Crippen LogP contribution in [0.25, 0.3) is 0 Å². The third-order valence-electron chi connectivity index (χ3n) is 3.77. The smallest absolute Gasteiger partial charge is 0.326 e. The Morgan fingerprint density at radius 1 is 0.875 bits per heavy atom. The van der Waals surface area contributed by atoms with Crippen LogP contribution in [0.15, 0.2) is 4.99 Å². The first-order chi connectivity index (χ1) is 14.8. The Bertz CT molecular complexity index is 752. The molecule has 0 fully saturated rings. The Balaban J connectivity index is 4.83. The van der Waals surface area contributed by atoms with Crippen LogP contribution in [0.3, 0.4) is 0 Å². The molecule has 32 heavy (non-hydrogen) atoms. The molecule has 0 aromatic carbocycles. The fourth-order valence-corrected chi connectivity index (χ4v) is 2.27. The summed E-state index contributed by atoms with van der Waals surface area (Å²) in [5.74, 6) is -6.68. The average Bonchev–Trinajstić information content (AvgIpc) is 2.66. The summed E-state index contributed by atoms with van der Waals surface area (Å²) < 4.78 is 0. The summed E-state index contributed by atoms with van der Waals surface area (Å²) in [6.45, 7) is -0.528. The highest BCUT2D eigenvalue weighted by molar-refractivity contribution is 5.95. The van der Waals surface area contributed by atoms with Gasteiger partial charge < -0.3 is 49.1 Å². The van der Waals surface area contributed by atoms with Crippen molar-refractivity contribution in [2.24, 2.45) is 27.9 Å². The summed E-state index contributed by atoms with van der Waals surface area (Å²) >= 11 is 0. The molecule has 0 heterocycles. The molecule has 0 spiro atoms. The van der Waals surface area contributed by atoms with E-state index < -0.39 is 73.1 Å². The van der Waals surface area contributed by atoms with E-state index in [1.807, 2.05) is 0 Å². The maximum absolute atomic E-state index is 12.2. The highest BCUT2D eigenvalue weighted by atomic mass is 16.4. The summed E-state index contributed by atoms with van der Waals surface area (Å²) in [6, 6.07) is -4.29. The molecule has 0 rings (SSSR count). The first kappa shape index (κ1) is 28.1. The highest BCUT2D eigenvalue weighted by Crippen LogP contribution is 1.99. The average molecular weight is 460 g/mol. The number of rotatable bonds is 15. The lowest BCUT2D eigenvalue weighted by atomic mass is 10.1. The molecule has 0 saturated heterocycles. The lowest BCUT2D eigenvalue weighted by Gasteiger charge is -2.19. The monoisotopic (exact) mass is 460 g/mol. The van der Waals surface area contributed by atoms with Gasteiger partial charge >= 0.3 is 11.9 Å². The van der Waals surface area contributed by atoms with Crippen LogP contribution in [-0.4, -0.2) is 83.0 Å². The van der Waals surface area contributed by atoms with E-state index in [-0.39, 0.29) is 25.3 Å². The molecule has 4 amide bonds. The second kappa shape index (κ2) is 14.1. The number of aliphatic carboxylic acids is 2. The Morgan fingerprint density at radius 3 is 2.00 bits per heavy atom. The predicted octanol–water partition coefficient (Wildman–Crippen LogP) is -5.11. The van der Waals surface area contributed by atoms with E-state index in [4.69, 9.17) is 33.1 Å². The molecule has 0 aliphatic carbocycles. The summed E-state index contributed by atoms with van der Waals surface area (Å²) in [4.78, 5) is 72.8. The van der Waals surface area contributed by atoms with Gasteiger partial charge in [0.1, 0.15) is 12.1 Å². The van der Waals surface area contributed by atoms with Crippen molar-refractivity contribution in [1.82, 2.24) is 16.0 Å². The first-order valence-electron chi connectivity index (χ1n) is 9.24. The lowest BCUT2D eigenvalue weighted by Crippen LogP contribution is -2.54. The third kappa shape index (κ3) is 12.6. The maximum Gasteiger partial charge on any atom is 0.326 e. The molecule has 16 nitrogen and oxygen atoms in total. The van der Waals surface area contributed by atoms with Gasteiger partial charge in [-0.25, -0.2) is 4.79 Å². The van der Waals surface area contributed by atoms with Crippen LogP contribution in [0.4, 0.5) is 0 Å². The minimum atomic E-state index is -1.53. The number of carboxylic acid groups (broad SMARTS) is 2. The van der Waals surface area contributed by atoms with Crippen molar-refractivity contribution in [1.29, 1.82) is 0 Å². The SMILES string of the molecule is NC(=O)CC(NC(=O)C(N)CC(=O)O)C(=O)NCC(=O)NC(CCCN=C(N)N)C(=O)O. The maximum atomic E-state index is 12.2. The number of primary amides is 1. The fraction of sp³-hybridized carbons (Fsp3) is 0.562. The van der Waals surface area contributed by atoms with E-state index in [1.165, 1.54) is 0 Å². The van der Waals surface area contributed by atoms with E-state index in [9.17, 15) is 28.8 Å². The van der Waals surface area contributed by atoms with Gasteiger partial charge in [-0.1, -0.05) is 0 Å². The van der Waals surface area contributed by atoms with Crippen LogP contribution in [0, 0.1) is 0 Å². The van der Waals surface area contributed by atoms with Crippen molar-refractivity contribution in [3.63, 3.8) is 0 Å². The molecular weight excluding hydrogens is 432 g/mol. The summed E-state index contributed by atoms with van der Waals surface area (Å²) in [5.41, 5.74) is 20.7. The number of hydrogen-bond acceptors (Lipinski definition) is 8. The minimum Gasteiger partial charge on any atom is -0.481 e. The van der Waals surface area contributed by atoms with Gasteiger partial charge in [0.05, 0.1) is 25.4 Å². The molecule has 3 atom stereocenters. The van der Waals surface area contributed by atoms with Crippen LogP contribution >= 0.6 is 0 Å². The van der Waals surface area contributed by atoms with E-state index in [0.29, 0.717) is 0 Å². The van der Waals surface area contributed by atoms with Crippen molar-refractivity contribution in [2.45, 2.75) is 43.8 Å². The molecule has 0 aromatic heterocycles. The molecule has 13 N–H and O–H groups in total. The molecule has 3 unspecified atom stereocenters. The summed E-state index contributed by atoms with van der Waals surface area (Å²) in [7, 11) is 0. The Labute approximate surface area is 182 Å². The second-order valence-electron chi connectivity index (χ2n) is 6.56. The van der Waals surface area contributed by atoms with Gasteiger partial charge in [0.15, 0.2) is 5.96 Å². The van der Waals surface area contributed by atoms with Crippen LogP contribution in [-0.2, 0) is 28.8 Å². The van der Waals surface area contributed by atoms with Crippen molar-refractivity contribution >= 4 is 41.5 Å². The lowest BCUT2D eigenvalue weighted by molar-refractivity contribution is -0.142. The largest absolute Gasteiger partial charge is 0.481 e. The zero-order chi connectivity index (χ0) is 24.8. The van der Waals surface area contributed by atoms with E-state index in [2.05, 4.69) is 20.9 Å². The van der Waals surface area contributed by atoms with Crippen molar-refractivity contribution < 1.29 is 39.0 Å². The molecule has 16 heteroatoms. The number of nitrogens with one attached hydrogen (secondary N) is 3. The van der Waals surface area contributed by atoms with Crippen molar-refractivity contribution in [3.8, 4) is 0 Å². The Morgan fingerprint density at radius 2 is 1.50 bits per heavy atom. The molecule has 0 saturated carbocycles. The Hall–Kier alpha value is -3.95. The van der Waals surface area contributed by atoms with Gasteiger partial charge in [0, 0.05) is 6.54 Å². The first-order valence-corrected chi connectivity index (χ1v) is 9.24. The quantitative estimate of drug-likeness (QED) is 0.0632. The van der Waals surface area contributed by atoms with Crippen LogP contribution in [0.2, 0.25) is 0 Å². The predicted molar refractivity (Wildman–Crippen MR) is 108 cm³/mol. The number of nitrogens with zero attached hydrogens (tertiary/aromatic N) is 1. The van der Waals surface area contributed by atoms with Gasteiger partial charge in [-0.2, -0.15) is 0 Å². The number of aliphatic imine (C=N–C) groups is 1. The van der Waals surface area contributed by atoms with E-state index in [1.54, 1.807) is 0 Å². The van der Waals surface area contributed by atoms with E-state index in [0.717, 1.165) is 0 Å². The topological polar surface area (TPSA) is 295 Å².